The summed E-state index contributed by atoms with van der Waals surface area (Å²) in [6.07, 6.45) is 5.57. The highest BCUT2D eigenvalue weighted by atomic mass is 16.2. The van der Waals surface area contributed by atoms with E-state index >= 15 is 0 Å². The fourth-order valence-corrected chi connectivity index (χ4v) is 2.40. The monoisotopic (exact) mass is 261 g/mol. The van der Waals surface area contributed by atoms with Gasteiger partial charge in [-0.1, -0.05) is 25.0 Å². The lowest BCUT2D eigenvalue weighted by atomic mass is 10.1. The molecular weight excluding hydrogens is 238 g/mol. The Bertz CT molecular complexity index is 394. The number of nitrogens with one attached hydrogen (secondary N) is 1. The predicted octanol–water partition coefficient (Wildman–Crippen LogP) is 2.60. The minimum atomic E-state index is 0.0217. The molecular formula is C15H23N3O. The van der Waals surface area contributed by atoms with Crippen molar-refractivity contribution in [1.29, 1.82) is 0 Å². The van der Waals surface area contributed by atoms with Crippen LogP contribution in [-0.4, -0.2) is 30.6 Å². The zero-order valence-electron chi connectivity index (χ0n) is 11.4. The predicted molar refractivity (Wildman–Crippen MR) is 78.3 cm³/mol. The first-order valence-electron chi connectivity index (χ1n) is 7.14. The molecule has 1 aliphatic heterocycles. The van der Waals surface area contributed by atoms with Gasteiger partial charge in [0.2, 0.25) is 0 Å². The summed E-state index contributed by atoms with van der Waals surface area (Å²) in [7, 11) is 0. The number of amides is 2. The molecule has 0 aliphatic carbocycles. The summed E-state index contributed by atoms with van der Waals surface area (Å²) in [5.41, 5.74) is 7.58. The fourth-order valence-electron chi connectivity index (χ4n) is 2.40. The Balaban J connectivity index is 1.90. The van der Waals surface area contributed by atoms with E-state index in [1.165, 1.54) is 18.4 Å². The molecule has 1 saturated heterocycles. The van der Waals surface area contributed by atoms with E-state index in [2.05, 4.69) is 5.32 Å². The molecule has 2 amide bonds. The molecule has 19 heavy (non-hydrogen) atoms. The number of anilines is 1. The first kappa shape index (κ1) is 13.9. The van der Waals surface area contributed by atoms with E-state index in [1.807, 2.05) is 29.2 Å². The molecule has 0 saturated carbocycles. The average Bonchev–Trinajstić information content (AvgIpc) is 2.70. The Morgan fingerprint density at radius 2 is 1.74 bits per heavy atom. The molecule has 1 aromatic carbocycles. The second-order valence-electron chi connectivity index (χ2n) is 5.07. The topological polar surface area (TPSA) is 58.4 Å². The molecule has 0 unspecified atom stereocenters. The fraction of sp³-hybridized carbons (Fsp3) is 0.533. The Morgan fingerprint density at radius 3 is 2.32 bits per heavy atom. The summed E-state index contributed by atoms with van der Waals surface area (Å²) in [6.45, 7) is 2.40. The van der Waals surface area contributed by atoms with Gasteiger partial charge in [0.15, 0.2) is 0 Å². The standard InChI is InChI=1S/C15H23N3O/c16-10-9-13-5-7-14(8-6-13)17-15(19)18-11-3-1-2-4-12-18/h5-8H,1-4,9-12,16H2,(H,17,19). The third-order valence-electron chi connectivity index (χ3n) is 3.53. The molecule has 4 nitrogen and oxygen atoms in total. The van der Waals surface area contributed by atoms with Crippen molar-refractivity contribution in [3.63, 3.8) is 0 Å². The first-order valence-corrected chi connectivity index (χ1v) is 7.14. The van der Waals surface area contributed by atoms with Gasteiger partial charge in [0.05, 0.1) is 0 Å². The Labute approximate surface area is 115 Å². The lowest BCUT2D eigenvalue weighted by Crippen LogP contribution is -2.35. The molecule has 0 aromatic heterocycles. The van der Waals surface area contributed by atoms with Gasteiger partial charge < -0.3 is 16.0 Å². The van der Waals surface area contributed by atoms with E-state index in [0.717, 1.165) is 38.0 Å². The highest BCUT2D eigenvalue weighted by molar-refractivity contribution is 5.89. The molecule has 0 spiro atoms. The van der Waals surface area contributed by atoms with E-state index < -0.39 is 0 Å². The Hall–Kier alpha value is -1.55. The third kappa shape index (κ3) is 4.24. The quantitative estimate of drug-likeness (QED) is 0.878. The van der Waals surface area contributed by atoms with E-state index in [9.17, 15) is 4.79 Å². The summed E-state index contributed by atoms with van der Waals surface area (Å²) in [5, 5.41) is 2.96. The van der Waals surface area contributed by atoms with Crippen LogP contribution < -0.4 is 11.1 Å². The molecule has 0 bridgehead atoms. The highest BCUT2D eigenvalue weighted by Gasteiger charge is 2.15. The molecule has 1 heterocycles. The lowest BCUT2D eigenvalue weighted by molar-refractivity contribution is 0.214. The SMILES string of the molecule is NCCc1ccc(NC(=O)N2CCCCCC2)cc1. The van der Waals surface area contributed by atoms with Gasteiger partial charge in [-0.15, -0.1) is 0 Å². The molecule has 0 atom stereocenters. The van der Waals surface area contributed by atoms with Gasteiger partial charge >= 0.3 is 6.03 Å². The van der Waals surface area contributed by atoms with Crippen molar-refractivity contribution in [3.05, 3.63) is 29.8 Å². The van der Waals surface area contributed by atoms with Crippen LogP contribution >= 0.6 is 0 Å². The van der Waals surface area contributed by atoms with Crippen LogP contribution in [0.2, 0.25) is 0 Å². The van der Waals surface area contributed by atoms with Crippen LogP contribution in [0, 0.1) is 0 Å². The Morgan fingerprint density at radius 1 is 1.11 bits per heavy atom. The minimum absolute atomic E-state index is 0.0217. The van der Waals surface area contributed by atoms with E-state index in [0.29, 0.717) is 6.54 Å². The van der Waals surface area contributed by atoms with Crippen molar-refractivity contribution < 1.29 is 4.79 Å². The summed E-state index contributed by atoms with van der Waals surface area (Å²) in [5.74, 6) is 0. The van der Waals surface area contributed by atoms with Crippen molar-refractivity contribution in [2.45, 2.75) is 32.1 Å². The zero-order valence-corrected chi connectivity index (χ0v) is 11.4. The van der Waals surface area contributed by atoms with Crippen LogP contribution in [0.5, 0.6) is 0 Å². The second kappa shape index (κ2) is 7.14. The number of hydrogen-bond donors (Lipinski definition) is 2. The van der Waals surface area contributed by atoms with Crippen LogP contribution in [-0.2, 0) is 6.42 Å². The van der Waals surface area contributed by atoms with E-state index in [1.54, 1.807) is 0 Å². The molecule has 1 fully saturated rings. The van der Waals surface area contributed by atoms with Crippen molar-refractivity contribution in [2.75, 3.05) is 25.0 Å². The molecule has 0 radical (unpaired) electrons. The molecule has 4 heteroatoms. The van der Waals surface area contributed by atoms with Crippen molar-refractivity contribution in [2.24, 2.45) is 5.73 Å². The number of nitrogens with zero attached hydrogens (tertiary/aromatic N) is 1. The smallest absolute Gasteiger partial charge is 0.321 e. The lowest BCUT2D eigenvalue weighted by Gasteiger charge is -2.20. The number of benzene rings is 1. The maximum absolute atomic E-state index is 12.1. The summed E-state index contributed by atoms with van der Waals surface area (Å²) < 4.78 is 0. The number of likely N-dealkylation sites (tertiary alicyclic amines) is 1. The second-order valence-corrected chi connectivity index (χ2v) is 5.07. The molecule has 1 aromatic rings. The van der Waals surface area contributed by atoms with Gasteiger partial charge in [-0.2, -0.15) is 0 Å². The summed E-state index contributed by atoms with van der Waals surface area (Å²) in [6, 6.07) is 7.95. The van der Waals surface area contributed by atoms with Crippen LogP contribution in [0.4, 0.5) is 10.5 Å². The van der Waals surface area contributed by atoms with Gasteiger partial charge in [0.25, 0.3) is 0 Å². The molecule has 104 valence electrons. The number of urea groups is 1. The number of hydrogen-bond acceptors (Lipinski definition) is 2. The zero-order chi connectivity index (χ0) is 13.5. The first-order chi connectivity index (χ1) is 9.29. The maximum Gasteiger partial charge on any atom is 0.321 e. The van der Waals surface area contributed by atoms with Crippen LogP contribution in [0.3, 0.4) is 0 Å². The molecule has 1 aliphatic rings. The van der Waals surface area contributed by atoms with Crippen LogP contribution in [0.15, 0.2) is 24.3 Å². The van der Waals surface area contributed by atoms with Gasteiger partial charge in [0.1, 0.15) is 0 Å². The molecule has 2 rings (SSSR count). The van der Waals surface area contributed by atoms with Crippen molar-refractivity contribution in [1.82, 2.24) is 4.90 Å². The van der Waals surface area contributed by atoms with E-state index in [-0.39, 0.29) is 6.03 Å². The average molecular weight is 261 g/mol. The van der Waals surface area contributed by atoms with Crippen LogP contribution in [0.25, 0.3) is 0 Å². The number of rotatable bonds is 3. The number of carbonyl (C=O) groups is 1. The van der Waals surface area contributed by atoms with Gasteiger partial charge in [-0.25, -0.2) is 4.79 Å². The van der Waals surface area contributed by atoms with Gasteiger partial charge in [0, 0.05) is 18.8 Å². The Kier molecular flexibility index (Phi) is 5.21. The minimum Gasteiger partial charge on any atom is -0.330 e. The largest absolute Gasteiger partial charge is 0.330 e. The normalized spacial score (nSPS) is 15.9. The van der Waals surface area contributed by atoms with Gasteiger partial charge in [-0.05, 0) is 43.5 Å². The number of carbonyl (C=O) groups excluding carboxylic acids is 1. The molecule has 3 N–H and O–H groups in total. The maximum atomic E-state index is 12.1. The number of nitrogens with two attached hydrogens (primary N) is 1. The summed E-state index contributed by atoms with van der Waals surface area (Å²) in [4.78, 5) is 14.0. The van der Waals surface area contributed by atoms with E-state index in [4.69, 9.17) is 5.73 Å². The van der Waals surface area contributed by atoms with Crippen LogP contribution in [0.1, 0.15) is 31.2 Å². The van der Waals surface area contributed by atoms with Crippen molar-refractivity contribution >= 4 is 11.7 Å². The van der Waals surface area contributed by atoms with Gasteiger partial charge in [-0.3, -0.25) is 0 Å². The third-order valence-corrected chi connectivity index (χ3v) is 3.53. The highest BCUT2D eigenvalue weighted by Crippen LogP contribution is 2.13. The van der Waals surface area contributed by atoms with Crippen molar-refractivity contribution in [3.8, 4) is 0 Å². The summed E-state index contributed by atoms with van der Waals surface area (Å²) >= 11 is 0.